The molecule has 0 heterocycles. The van der Waals surface area contributed by atoms with Crippen LogP contribution in [0.4, 0.5) is 0 Å². The summed E-state index contributed by atoms with van der Waals surface area (Å²) >= 11 is 0. The van der Waals surface area contributed by atoms with Gasteiger partial charge in [0.05, 0.1) is 0 Å². The van der Waals surface area contributed by atoms with Gasteiger partial charge in [-0.05, 0) is 77.0 Å². The maximum absolute atomic E-state index is 3.88. The number of hydrogen-bond donors (Lipinski definition) is 1. The number of nitrogens with one attached hydrogen (secondary N) is 1. The molecule has 1 heteroatoms. The second-order valence-electron chi connectivity index (χ2n) is 9.74. The van der Waals surface area contributed by atoms with Gasteiger partial charge in [0.1, 0.15) is 0 Å². The minimum atomic E-state index is 0.125. The first kappa shape index (κ1) is 20.7. The van der Waals surface area contributed by atoms with E-state index in [2.05, 4.69) is 72.9 Å². The second-order valence-corrected chi connectivity index (χ2v) is 9.74. The van der Waals surface area contributed by atoms with Crippen LogP contribution in [0, 0.1) is 17.3 Å². The average Bonchev–Trinajstić information content (AvgIpc) is 2.43. The van der Waals surface area contributed by atoms with Crippen LogP contribution in [-0.4, -0.2) is 11.1 Å². The zero-order chi connectivity index (χ0) is 17.7. The molecule has 0 saturated heterocycles. The van der Waals surface area contributed by atoms with Gasteiger partial charge in [-0.3, -0.25) is 0 Å². The van der Waals surface area contributed by atoms with Crippen LogP contribution >= 0.6 is 0 Å². The van der Waals surface area contributed by atoms with Crippen molar-refractivity contribution in [2.24, 2.45) is 17.3 Å². The van der Waals surface area contributed by atoms with Crippen LogP contribution in [0.2, 0.25) is 0 Å². The SMILES string of the molecule is CC=CC(C)(CC)NC(C)(C)CCCC(C)CC1CCC1(C)C. The lowest BCUT2D eigenvalue weighted by Gasteiger charge is -2.46. The van der Waals surface area contributed by atoms with Crippen molar-refractivity contribution in [1.29, 1.82) is 0 Å². The first-order valence-corrected chi connectivity index (χ1v) is 9.97. The summed E-state index contributed by atoms with van der Waals surface area (Å²) in [4.78, 5) is 0. The van der Waals surface area contributed by atoms with Gasteiger partial charge in [-0.15, -0.1) is 0 Å². The molecule has 0 bridgehead atoms. The summed E-state index contributed by atoms with van der Waals surface area (Å²) in [6, 6.07) is 0. The molecule has 136 valence electrons. The predicted molar refractivity (Wildman–Crippen MR) is 105 cm³/mol. The van der Waals surface area contributed by atoms with Gasteiger partial charge in [-0.2, -0.15) is 0 Å². The van der Waals surface area contributed by atoms with E-state index < -0.39 is 0 Å². The third kappa shape index (κ3) is 6.61. The molecule has 1 aliphatic rings. The third-order valence-corrected chi connectivity index (χ3v) is 6.32. The Balaban J connectivity index is 2.35. The van der Waals surface area contributed by atoms with Crippen LogP contribution in [0.3, 0.4) is 0 Å². The van der Waals surface area contributed by atoms with E-state index in [0.717, 1.165) is 18.3 Å². The van der Waals surface area contributed by atoms with E-state index >= 15 is 0 Å². The summed E-state index contributed by atoms with van der Waals surface area (Å²) in [5, 5.41) is 3.88. The van der Waals surface area contributed by atoms with E-state index in [9.17, 15) is 0 Å². The van der Waals surface area contributed by atoms with Crippen LogP contribution < -0.4 is 5.32 Å². The number of rotatable bonds is 10. The highest BCUT2D eigenvalue weighted by molar-refractivity contribution is 5.05. The average molecular weight is 322 g/mol. The first-order valence-electron chi connectivity index (χ1n) is 9.97. The van der Waals surface area contributed by atoms with Gasteiger partial charge in [-0.1, -0.05) is 52.7 Å². The van der Waals surface area contributed by atoms with E-state index in [4.69, 9.17) is 0 Å². The molecule has 0 amide bonds. The van der Waals surface area contributed by atoms with Crippen molar-refractivity contribution in [1.82, 2.24) is 5.32 Å². The zero-order valence-electron chi connectivity index (χ0n) is 17.3. The molecule has 23 heavy (non-hydrogen) atoms. The summed E-state index contributed by atoms with van der Waals surface area (Å²) in [5.74, 6) is 1.85. The maximum Gasteiger partial charge on any atom is 0.0337 e. The van der Waals surface area contributed by atoms with Crippen LogP contribution in [0.25, 0.3) is 0 Å². The lowest BCUT2D eigenvalue weighted by molar-refractivity contribution is 0.0500. The maximum atomic E-state index is 3.88. The Labute approximate surface area is 146 Å². The van der Waals surface area contributed by atoms with Crippen molar-refractivity contribution in [2.45, 2.75) is 111 Å². The normalized spacial score (nSPS) is 25.1. The Bertz CT molecular complexity index is 379. The van der Waals surface area contributed by atoms with Gasteiger partial charge >= 0.3 is 0 Å². The van der Waals surface area contributed by atoms with Gasteiger partial charge in [0.25, 0.3) is 0 Å². The number of allylic oxidation sites excluding steroid dienone is 1. The molecule has 0 spiro atoms. The van der Waals surface area contributed by atoms with E-state index in [-0.39, 0.29) is 11.1 Å². The molecule has 1 aliphatic carbocycles. The highest BCUT2D eigenvalue weighted by Crippen LogP contribution is 2.49. The van der Waals surface area contributed by atoms with Crippen molar-refractivity contribution in [3.05, 3.63) is 12.2 Å². The van der Waals surface area contributed by atoms with Gasteiger partial charge in [0.2, 0.25) is 0 Å². The van der Waals surface area contributed by atoms with Crippen molar-refractivity contribution >= 4 is 0 Å². The summed E-state index contributed by atoms with van der Waals surface area (Å²) < 4.78 is 0. The smallest absolute Gasteiger partial charge is 0.0337 e. The van der Waals surface area contributed by atoms with Crippen LogP contribution in [-0.2, 0) is 0 Å². The molecule has 3 unspecified atom stereocenters. The van der Waals surface area contributed by atoms with Crippen LogP contribution in [0.1, 0.15) is 100 Å². The van der Waals surface area contributed by atoms with E-state index in [0.29, 0.717) is 5.41 Å². The van der Waals surface area contributed by atoms with Gasteiger partial charge < -0.3 is 5.32 Å². The standard InChI is InChI=1S/C22H43N/c1-9-14-22(8,10-2)23-21(6,7)15-11-12-18(3)17-19-13-16-20(19,4)5/h9,14,18-19,23H,10-13,15-17H2,1-8H3. The fourth-order valence-corrected chi connectivity index (χ4v) is 4.31. The topological polar surface area (TPSA) is 12.0 Å². The Morgan fingerprint density at radius 3 is 2.35 bits per heavy atom. The molecule has 0 aromatic rings. The molecule has 1 N–H and O–H groups in total. The summed E-state index contributed by atoms with van der Waals surface area (Å²) in [6.45, 7) is 18.8. The molecule has 1 saturated carbocycles. The second kappa shape index (κ2) is 8.19. The minimum absolute atomic E-state index is 0.125. The molecule has 3 atom stereocenters. The highest BCUT2D eigenvalue weighted by Gasteiger charge is 2.38. The van der Waals surface area contributed by atoms with Crippen molar-refractivity contribution in [3.8, 4) is 0 Å². The molecule has 0 aromatic carbocycles. The lowest BCUT2D eigenvalue weighted by Crippen LogP contribution is -2.52. The monoisotopic (exact) mass is 321 g/mol. The fourth-order valence-electron chi connectivity index (χ4n) is 4.31. The van der Waals surface area contributed by atoms with Crippen molar-refractivity contribution < 1.29 is 0 Å². The van der Waals surface area contributed by atoms with E-state index in [1.165, 1.54) is 38.5 Å². The lowest BCUT2D eigenvalue weighted by atomic mass is 9.60. The van der Waals surface area contributed by atoms with Crippen LogP contribution in [0.15, 0.2) is 12.2 Å². The molecular formula is C22H43N. The summed E-state index contributed by atoms with van der Waals surface area (Å²) in [7, 11) is 0. The molecule has 1 rings (SSSR count). The molecule has 0 aromatic heterocycles. The third-order valence-electron chi connectivity index (χ3n) is 6.32. The van der Waals surface area contributed by atoms with Crippen molar-refractivity contribution in [3.63, 3.8) is 0 Å². The Hall–Kier alpha value is -0.300. The largest absolute Gasteiger partial charge is 0.303 e. The molecule has 1 nitrogen and oxygen atoms in total. The molecule has 0 radical (unpaired) electrons. The summed E-state index contributed by atoms with van der Waals surface area (Å²) in [5.41, 5.74) is 0.948. The summed E-state index contributed by atoms with van der Waals surface area (Å²) in [6.07, 6.45) is 13.9. The Kier molecular flexibility index (Phi) is 7.38. The molecule has 0 aliphatic heterocycles. The predicted octanol–water partition coefficient (Wildman–Crippen LogP) is 6.73. The number of hydrogen-bond acceptors (Lipinski definition) is 1. The van der Waals surface area contributed by atoms with Crippen molar-refractivity contribution in [2.75, 3.05) is 0 Å². The zero-order valence-corrected chi connectivity index (χ0v) is 17.3. The minimum Gasteiger partial charge on any atom is -0.303 e. The fraction of sp³-hybridized carbons (Fsp3) is 0.909. The van der Waals surface area contributed by atoms with Gasteiger partial charge in [0, 0.05) is 11.1 Å². The van der Waals surface area contributed by atoms with Gasteiger partial charge in [-0.25, -0.2) is 0 Å². The van der Waals surface area contributed by atoms with Gasteiger partial charge in [0.15, 0.2) is 0 Å². The highest BCUT2D eigenvalue weighted by atomic mass is 15.0. The Morgan fingerprint density at radius 1 is 1.26 bits per heavy atom. The first-order chi connectivity index (χ1) is 10.5. The quantitative estimate of drug-likeness (QED) is 0.440. The van der Waals surface area contributed by atoms with E-state index in [1.807, 2.05) is 0 Å². The molecule has 1 fully saturated rings. The molecular weight excluding hydrogens is 278 g/mol. The van der Waals surface area contributed by atoms with E-state index in [1.54, 1.807) is 0 Å². The Morgan fingerprint density at radius 2 is 1.91 bits per heavy atom. The van der Waals surface area contributed by atoms with Crippen LogP contribution in [0.5, 0.6) is 0 Å².